The first-order valence-electron chi connectivity index (χ1n) is 7.32. The normalized spacial score (nSPS) is 12.4. The van der Waals surface area contributed by atoms with Crippen LogP contribution in [0.2, 0.25) is 0 Å². The second kappa shape index (κ2) is 8.80. The molecule has 0 aliphatic heterocycles. The third-order valence-corrected chi connectivity index (χ3v) is 3.29. The number of aliphatic hydroxyl groups excluding tert-OH is 1. The highest BCUT2D eigenvalue weighted by atomic mass is 16.3. The molecule has 0 aromatic carbocycles. The van der Waals surface area contributed by atoms with Gasteiger partial charge >= 0.3 is 0 Å². The van der Waals surface area contributed by atoms with Crippen molar-refractivity contribution in [1.29, 1.82) is 0 Å². The average molecular weight is 266 g/mol. The van der Waals surface area contributed by atoms with E-state index in [4.69, 9.17) is 5.11 Å². The number of anilines is 1. The number of aromatic nitrogens is 3. The Morgan fingerprint density at radius 1 is 1.05 bits per heavy atom. The lowest BCUT2D eigenvalue weighted by molar-refractivity contribution is 0.255. The summed E-state index contributed by atoms with van der Waals surface area (Å²) in [5.41, 5.74) is 2.00. The van der Waals surface area contributed by atoms with Gasteiger partial charge in [-0.05, 0) is 31.6 Å². The second-order valence-electron chi connectivity index (χ2n) is 4.78. The van der Waals surface area contributed by atoms with Gasteiger partial charge in [0, 0.05) is 13.2 Å². The van der Waals surface area contributed by atoms with E-state index in [1.54, 1.807) is 0 Å². The number of aryl methyl sites for hydroxylation is 2. The van der Waals surface area contributed by atoms with Gasteiger partial charge < -0.3 is 10.4 Å². The van der Waals surface area contributed by atoms with Crippen LogP contribution in [0.4, 0.5) is 5.95 Å². The lowest BCUT2D eigenvalue weighted by atomic mass is 10.0. The predicted octanol–water partition coefficient (Wildman–Crippen LogP) is 2.21. The van der Waals surface area contributed by atoms with Gasteiger partial charge in [-0.25, -0.2) is 4.98 Å². The summed E-state index contributed by atoms with van der Waals surface area (Å²) in [5, 5.41) is 20.6. The molecule has 1 aromatic heterocycles. The van der Waals surface area contributed by atoms with Crippen LogP contribution in [-0.4, -0.2) is 33.4 Å². The van der Waals surface area contributed by atoms with Crippen LogP contribution in [0.3, 0.4) is 0 Å². The molecule has 19 heavy (non-hydrogen) atoms. The molecular weight excluding hydrogens is 240 g/mol. The van der Waals surface area contributed by atoms with E-state index >= 15 is 0 Å². The molecule has 1 atom stereocenters. The van der Waals surface area contributed by atoms with E-state index in [1.165, 1.54) is 0 Å². The molecule has 0 bridgehead atoms. The minimum Gasteiger partial charge on any atom is -0.396 e. The van der Waals surface area contributed by atoms with Crippen LogP contribution >= 0.6 is 0 Å². The van der Waals surface area contributed by atoms with Crippen LogP contribution in [-0.2, 0) is 12.8 Å². The van der Waals surface area contributed by atoms with Crippen molar-refractivity contribution in [2.24, 2.45) is 5.92 Å². The summed E-state index contributed by atoms with van der Waals surface area (Å²) in [5.74, 6) is 1.07. The summed E-state index contributed by atoms with van der Waals surface area (Å²) in [7, 11) is 0. The third-order valence-electron chi connectivity index (χ3n) is 3.29. The molecule has 1 aromatic rings. The van der Waals surface area contributed by atoms with Gasteiger partial charge in [0.1, 0.15) is 0 Å². The molecule has 0 aliphatic rings. The molecule has 0 fully saturated rings. The summed E-state index contributed by atoms with van der Waals surface area (Å²) in [6.07, 6.45) is 4.80. The van der Waals surface area contributed by atoms with E-state index in [1.807, 2.05) is 0 Å². The molecule has 0 spiro atoms. The minimum atomic E-state index is 0.237. The zero-order chi connectivity index (χ0) is 14.1. The van der Waals surface area contributed by atoms with Crippen molar-refractivity contribution in [2.45, 2.75) is 52.9 Å². The fourth-order valence-electron chi connectivity index (χ4n) is 2.19. The molecule has 5 heteroatoms. The van der Waals surface area contributed by atoms with Crippen molar-refractivity contribution in [3.8, 4) is 0 Å². The number of hydrogen-bond donors (Lipinski definition) is 2. The lowest BCUT2D eigenvalue weighted by Gasteiger charge is -2.15. The molecule has 0 saturated carbocycles. The van der Waals surface area contributed by atoms with E-state index < -0.39 is 0 Å². The molecular formula is C14H26N4O. The van der Waals surface area contributed by atoms with Crippen molar-refractivity contribution >= 4 is 5.95 Å². The maximum atomic E-state index is 9.04. The number of rotatable bonds is 9. The van der Waals surface area contributed by atoms with Crippen LogP contribution in [0.15, 0.2) is 0 Å². The van der Waals surface area contributed by atoms with E-state index in [2.05, 4.69) is 41.3 Å². The van der Waals surface area contributed by atoms with Crippen molar-refractivity contribution in [3.63, 3.8) is 0 Å². The van der Waals surface area contributed by atoms with Gasteiger partial charge in [-0.15, -0.1) is 5.10 Å². The van der Waals surface area contributed by atoms with Gasteiger partial charge in [-0.3, -0.25) is 0 Å². The van der Waals surface area contributed by atoms with Crippen LogP contribution in [0.1, 0.15) is 51.4 Å². The van der Waals surface area contributed by atoms with Crippen molar-refractivity contribution in [1.82, 2.24) is 15.2 Å². The van der Waals surface area contributed by atoms with E-state index in [0.29, 0.717) is 11.9 Å². The van der Waals surface area contributed by atoms with Crippen LogP contribution in [0.5, 0.6) is 0 Å². The summed E-state index contributed by atoms with van der Waals surface area (Å²) in [4.78, 5) is 4.51. The number of aliphatic hydroxyl groups is 1. The summed E-state index contributed by atoms with van der Waals surface area (Å²) < 4.78 is 0. The first-order valence-corrected chi connectivity index (χ1v) is 7.32. The first-order chi connectivity index (χ1) is 9.24. The van der Waals surface area contributed by atoms with Gasteiger partial charge in [-0.1, -0.05) is 27.2 Å². The highest BCUT2D eigenvalue weighted by molar-refractivity contribution is 5.25. The fraction of sp³-hybridized carbons (Fsp3) is 0.786. The van der Waals surface area contributed by atoms with Gasteiger partial charge in [-0.2, -0.15) is 5.10 Å². The second-order valence-corrected chi connectivity index (χ2v) is 4.78. The van der Waals surface area contributed by atoms with Gasteiger partial charge in [0.05, 0.1) is 11.4 Å². The molecule has 0 saturated heterocycles. The molecule has 2 N–H and O–H groups in total. The monoisotopic (exact) mass is 266 g/mol. The Morgan fingerprint density at radius 3 is 2.37 bits per heavy atom. The molecule has 0 radical (unpaired) electrons. The quantitative estimate of drug-likeness (QED) is 0.717. The number of nitrogens with zero attached hydrogens (tertiary/aromatic N) is 3. The average Bonchev–Trinajstić information content (AvgIpc) is 2.44. The van der Waals surface area contributed by atoms with Crippen LogP contribution in [0.25, 0.3) is 0 Å². The Kier molecular flexibility index (Phi) is 7.33. The number of nitrogens with one attached hydrogen (secondary N) is 1. The van der Waals surface area contributed by atoms with E-state index in [9.17, 15) is 0 Å². The largest absolute Gasteiger partial charge is 0.396 e. The summed E-state index contributed by atoms with van der Waals surface area (Å²) in [6.45, 7) is 7.34. The number of hydrogen-bond acceptors (Lipinski definition) is 5. The maximum absolute atomic E-state index is 9.04. The van der Waals surface area contributed by atoms with Gasteiger partial charge in [0.25, 0.3) is 0 Å². The Labute approximate surface area is 115 Å². The lowest BCUT2D eigenvalue weighted by Crippen LogP contribution is -2.18. The third kappa shape index (κ3) is 5.11. The van der Waals surface area contributed by atoms with Crippen molar-refractivity contribution in [3.05, 3.63) is 11.4 Å². The fourth-order valence-corrected chi connectivity index (χ4v) is 2.19. The van der Waals surface area contributed by atoms with Crippen LogP contribution in [0, 0.1) is 5.92 Å². The minimum absolute atomic E-state index is 0.237. The van der Waals surface area contributed by atoms with E-state index in [-0.39, 0.29) is 6.61 Å². The first kappa shape index (κ1) is 15.8. The Bertz CT molecular complexity index is 364. The highest BCUT2D eigenvalue weighted by Gasteiger charge is 2.10. The molecule has 1 heterocycles. The van der Waals surface area contributed by atoms with E-state index in [0.717, 1.165) is 50.0 Å². The Balaban J connectivity index is 2.60. The smallest absolute Gasteiger partial charge is 0.242 e. The molecule has 108 valence electrons. The summed E-state index contributed by atoms with van der Waals surface area (Å²) in [6, 6.07) is 0. The molecule has 1 unspecified atom stereocenters. The predicted molar refractivity (Wildman–Crippen MR) is 77.2 cm³/mol. The zero-order valence-corrected chi connectivity index (χ0v) is 12.3. The zero-order valence-electron chi connectivity index (χ0n) is 12.3. The van der Waals surface area contributed by atoms with Crippen molar-refractivity contribution in [2.75, 3.05) is 18.5 Å². The molecule has 0 aliphatic carbocycles. The summed E-state index contributed by atoms with van der Waals surface area (Å²) >= 11 is 0. The SMILES string of the molecule is CCCC(CCO)CNc1nnc(CC)c(CC)n1. The molecule has 1 rings (SSSR count). The topological polar surface area (TPSA) is 70.9 Å². The molecule has 0 amide bonds. The van der Waals surface area contributed by atoms with Gasteiger partial charge in [0.2, 0.25) is 5.95 Å². The Morgan fingerprint density at radius 2 is 1.79 bits per heavy atom. The van der Waals surface area contributed by atoms with Gasteiger partial charge in [0.15, 0.2) is 0 Å². The Hall–Kier alpha value is -1.23. The van der Waals surface area contributed by atoms with Crippen molar-refractivity contribution < 1.29 is 5.11 Å². The standard InChI is InChI=1S/C14H26N4O/c1-4-7-11(8-9-19)10-15-14-16-12(5-2)13(6-3)17-18-14/h11,19H,4-10H2,1-3H3,(H,15,16,18). The maximum Gasteiger partial charge on any atom is 0.242 e. The van der Waals surface area contributed by atoms with Crippen LogP contribution < -0.4 is 5.32 Å². The highest BCUT2D eigenvalue weighted by Crippen LogP contribution is 2.12. The molecule has 5 nitrogen and oxygen atoms in total.